The minimum Gasteiger partial charge on any atom is -0.350 e. The maximum Gasteiger partial charge on any atom is 0.449 e. The standard InChI is InChI=1S/C23H16Cl2F3N5O2.ClH/c24-14-5-1-6-15(25)19(14)21(35)31-16-7-2-8-17-20(16)32-22(23(26,27)28)33(17)12-18(34)30-11-13-4-3-9-29-10-13;/h1-10H,11-12H2,(H,30,34)(H,31,35);1H. The summed E-state index contributed by atoms with van der Waals surface area (Å²) in [7, 11) is 0. The predicted octanol–water partition coefficient (Wildman–Crippen LogP) is 5.75. The number of alkyl halides is 3. The van der Waals surface area contributed by atoms with Crippen molar-refractivity contribution >= 4 is 64.1 Å². The van der Waals surface area contributed by atoms with E-state index >= 15 is 0 Å². The third-order valence-corrected chi connectivity index (χ3v) is 5.61. The molecule has 0 atom stereocenters. The van der Waals surface area contributed by atoms with Crippen LogP contribution in [0.1, 0.15) is 21.7 Å². The molecule has 0 aliphatic carbocycles. The molecule has 0 spiro atoms. The zero-order valence-corrected chi connectivity index (χ0v) is 20.5. The third-order valence-electron chi connectivity index (χ3n) is 4.98. The minimum atomic E-state index is -4.85. The molecule has 0 fully saturated rings. The monoisotopic (exact) mass is 557 g/mol. The van der Waals surface area contributed by atoms with Gasteiger partial charge in [-0.1, -0.05) is 41.4 Å². The van der Waals surface area contributed by atoms with Gasteiger partial charge < -0.3 is 15.2 Å². The van der Waals surface area contributed by atoms with E-state index in [1.165, 1.54) is 36.5 Å². The largest absolute Gasteiger partial charge is 0.449 e. The number of anilines is 1. The highest BCUT2D eigenvalue weighted by atomic mass is 35.5. The zero-order chi connectivity index (χ0) is 25.2. The number of amides is 2. The molecule has 2 N–H and O–H groups in total. The number of fused-ring (bicyclic) bond motifs is 1. The highest BCUT2D eigenvalue weighted by Crippen LogP contribution is 2.34. The van der Waals surface area contributed by atoms with Crippen LogP contribution in [0.5, 0.6) is 0 Å². The van der Waals surface area contributed by atoms with Crippen molar-refractivity contribution in [2.24, 2.45) is 0 Å². The Morgan fingerprint density at radius 3 is 2.33 bits per heavy atom. The van der Waals surface area contributed by atoms with E-state index in [2.05, 4.69) is 20.6 Å². The van der Waals surface area contributed by atoms with E-state index in [1.807, 2.05) is 0 Å². The number of imidazole rings is 1. The molecule has 7 nitrogen and oxygen atoms in total. The van der Waals surface area contributed by atoms with Gasteiger partial charge in [-0.05, 0) is 35.9 Å². The van der Waals surface area contributed by atoms with Crippen LogP contribution in [0.4, 0.5) is 18.9 Å². The Bertz CT molecular complexity index is 1390. The number of carbonyl (C=O) groups excluding carboxylic acids is 2. The number of hydrogen-bond acceptors (Lipinski definition) is 4. The second-order valence-corrected chi connectivity index (χ2v) is 8.20. The minimum absolute atomic E-state index is 0. The van der Waals surface area contributed by atoms with Crippen LogP contribution >= 0.6 is 35.6 Å². The maximum absolute atomic E-state index is 13.8. The number of nitrogens with zero attached hydrogens (tertiary/aromatic N) is 3. The molecule has 0 radical (unpaired) electrons. The Labute approximate surface area is 219 Å². The van der Waals surface area contributed by atoms with Gasteiger partial charge in [0.15, 0.2) is 0 Å². The summed E-state index contributed by atoms with van der Waals surface area (Å²) >= 11 is 12.1. The van der Waals surface area contributed by atoms with Gasteiger partial charge in [0.2, 0.25) is 11.7 Å². The number of benzene rings is 2. The van der Waals surface area contributed by atoms with Gasteiger partial charge in [-0.3, -0.25) is 14.6 Å². The molecule has 0 unspecified atom stereocenters. The van der Waals surface area contributed by atoms with Crippen LogP contribution in [-0.4, -0.2) is 26.3 Å². The second kappa shape index (κ2) is 11.2. The SMILES string of the molecule is Cl.O=C(Cn1c(C(F)(F)F)nc2c(NC(=O)c3c(Cl)cccc3Cl)cccc21)NCc1cccnc1. The molecule has 188 valence electrons. The van der Waals surface area contributed by atoms with Gasteiger partial charge in [0, 0.05) is 18.9 Å². The normalized spacial score (nSPS) is 11.1. The van der Waals surface area contributed by atoms with E-state index in [-0.39, 0.29) is 51.3 Å². The highest BCUT2D eigenvalue weighted by molar-refractivity contribution is 6.40. The molecule has 2 heterocycles. The van der Waals surface area contributed by atoms with E-state index < -0.39 is 30.4 Å². The Kier molecular flexibility index (Phi) is 8.44. The Hall–Kier alpha value is -3.34. The average Bonchev–Trinajstić information content (AvgIpc) is 3.18. The first kappa shape index (κ1) is 27.3. The molecule has 0 aliphatic rings. The first-order chi connectivity index (χ1) is 16.6. The van der Waals surface area contributed by atoms with Gasteiger partial charge in [0.1, 0.15) is 12.1 Å². The molecule has 2 aromatic heterocycles. The lowest BCUT2D eigenvalue weighted by Crippen LogP contribution is -2.29. The van der Waals surface area contributed by atoms with Crippen molar-refractivity contribution in [2.75, 3.05) is 5.32 Å². The molecular formula is C23H17Cl3F3N5O2. The lowest BCUT2D eigenvalue weighted by Gasteiger charge is -2.12. The zero-order valence-electron chi connectivity index (χ0n) is 18.1. The fraction of sp³-hybridized carbons (Fsp3) is 0.130. The van der Waals surface area contributed by atoms with Gasteiger partial charge in [-0.25, -0.2) is 4.98 Å². The summed E-state index contributed by atoms with van der Waals surface area (Å²) in [6, 6.07) is 12.1. The Morgan fingerprint density at radius 2 is 1.69 bits per heavy atom. The summed E-state index contributed by atoms with van der Waals surface area (Å²) in [4.78, 5) is 32.9. The lowest BCUT2D eigenvalue weighted by molar-refractivity contribution is -0.147. The number of para-hydroxylation sites is 1. The van der Waals surface area contributed by atoms with Crippen LogP contribution in [0.25, 0.3) is 11.0 Å². The molecule has 0 saturated carbocycles. The van der Waals surface area contributed by atoms with Crippen LogP contribution in [0.15, 0.2) is 60.9 Å². The quantitative estimate of drug-likeness (QED) is 0.316. The predicted molar refractivity (Wildman–Crippen MR) is 132 cm³/mol. The van der Waals surface area contributed by atoms with Gasteiger partial charge >= 0.3 is 6.18 Å². The van der Waals surface area contributed by atoms with E-state index in [0.717, 1.165) is 4.57 Å². The first-order valence-electron chi connectivity index (χ1n) is 10.1. The molecule has 0 saturated heterocycles. The summed E-state index contributed by atoms with van der Waals surface area (Å²) in [6.07, 6.45) is -1.75. The summed E-state index contributed by atoms with van der Waals surface area (Å²) in [5.74, 6) is -2.65. The van der Waals surface area contributed by atoms with Gasteiger partial charge in [-0.2, -0.15) is 13.2 Å². The van der Waals surface area contributed by atoms with Crippen molar-refractivity contribution in [2.45, 2.75) is 19.3 Å². The number of aromatic nitrogens is 3. The fourth-order valence-corrected chi connectivity index (χ4v) is 4.00. The summed E-state index contributed by atoms with van der Waals surface area (Å²) in [6.45, 7) is -0.542. The Balaban J connectivity index is 0.00000361. The summed E-state index contributed by atoms with van der Waals surface area (Å²) < 4.78 is 42.2. The topological polar surface area (TPSA) is 88.9 Å². The molecule has 2 amide bonds. The molecule has 4 aromatic rings. The number of nitrogens with one attached hydrogen (secondary N) is 2. The number of hydrogen-bond donors (Lipinski definition) is 2. The van der Waals surface area contributed by atoms with Crippen LogP contribution in [0, 0.1) is 0 Å². The van der Waals surface area contributed by atoms with Crippen LogP contribution in [-0.2, 0) is 24.1 Å². The molecule has 0 aliphatic heterocycles. The molecule has 0 bridgehead atoms. The van der Waals surface area contributed by atoms with Crippen LogP contribution in [0.3, 0.4) is 0 Å². The third kappa shape index (κ3) is 5.89. The average molecular weight is 559 g/mol. The van der Waals surface area contributed by atoms with Gasteiger partial charge in [-0.15, -0.1) is 12.4 Å². The van der Waals surface area contributed by atoms with Gasteiger partial charge in [0.05, 0.1) is 26.8 Å². The Morgan fingerprint density at radius 1 is 1.00 bits per heavy atom. The second-order valence-electron chi connectivity index (χ2n) is 7.38. The van der Waals surface area contributed by atoms with E-state index in [0.29, 0.717) is 5.56 Å². The number of rotatable bonds is 6. The van der Waals surface area contributed by atoms with Crippen molar-refractivity contribution in [1.29, 1.82) is 0 Å². The number of halogens is 6. The van der Waals surface area contributed by atoms with Crippen molar-refractivity contribution in [1.82, 2.24) is 19.9 Å². The van der Waals surface area contributed by atoms with E-state index in [1.54, 1.807) is 24.4 Å². The van der Waals surface area contributed by atoms with Crippen molar-refractivity contribution in [3.05, 3.63) is 87.9 Å². The summed E-state index contributed by atoms with van der Waals surface area (Å²) in [5.41, 5.74) is 0.533. The fourth-order valence-electron chi connectivity index (χ4n) is 3.43. The smallest absolute Gasteiger partial charge is 0.350 e. The van der Waals surface area contributed by atoms with Crippen molar-refractivity contribution in [3.8, 4) is 0 Å². The molecule has 36 heavy (non-hydrogen) atoms. The van der Waals surface area contributed by atoms with Gasteiger partial charge in [0.25, 0.3) is 5.91 Å². The van der Waals surface area contributed by atoms with Crippen molar-refractivity contribution < 1.29 is 22.8 Å². The maximum atomic E-state index is 13.8. The molecular weight excluding hydrogens is 542 g/mol. The van der Waals surface area contributed by atoms with E-state index in [4.69, 9.17) is 23.2 Å². The number of carbonyl (C=O) groups is 2. The lowest BCUT2D eigenvalue weighted by atomic mass is 10.2. The molecule has 13 heteroatoms. The van der Waals surface area contributed by atoms with Crippen LogP contribution in [0.2, 0.25) is 10.0 Å². The van der Waals surface area contributed by atoms with Crippen molar-refractivity contribution in [3.63, 3.8) is 0 Å². The highest BCUT2D eigenvalue weighted by Gasteiger charge is 2.38. The van der Waals surface area contributed by atoms with Crippen LogP contribution < -0.4 is 10.6 Å². The molecule has 2 aromatic carbocycles. The number of pyridine rings is 1. The molecule has 4 rings (SSSR count). The summed E-state index contributed by atoms with van der Waals surface area (Å²) in [5, 5.41) is 5.24. The van der Waals surface area contributed by atoms with E-state index in [9.17, 15) is 22.8 Å². The first-order valence-corrected chi connectivity index (χ1v) is 10.9.